The van der Waals surface area contributed by atoms with Crippen LogP contribution in [0, 0.1) is 0 Å². The lowest BCUT2D eigenvalue weighted by molar-refractivity contribution is -0.104. The fraction of sp³-hybridized carbons (Fsp3) is 0.444. The van der Waals surface area contributed by atoms with E-state index in [1.54, 1.807) is 6.08 Å². The van der Waals surface area contributed by atoms with Gasteiger partial charge in [0.05, 0.1) is 0 Å². The van der Waals surface area contributed by atoms with E-state index in [1.165, 1.54) is 18.9 Å². The molecule has 0 amide bonds. The van der Waals surface area contributed by atoms with Gasteiger partial charge in [0.2, 0.25) is 0 Å². The van der Waals surface area contributed by atoms with Crippen LogP contribution in [0.2, 0.25) is 0 Å². The minimum absolute atomic E-state index is 0.782. The van der Waals surface area contributed by atoms with Crippen molar-refractivity contribution in [2.24, 2.45) is 0 Å². The third-order valence-corrected chi connectivity index (χ3v) is 1.16. The van der Waals surface area contributed by atoms with Crippen molar-refractivity contribution in [2.45, 2.75) is 26.2 Å². The van der Waals surface area contributed by atoms with Gasteiger partial charge in [-0.1, -0.05) is 38.0 Å². The van der Waals surface area contributed by atoms with Gasteiger partial charge in [-0.15, -0.1) is 0 Å². The summed E-state index contributed by atoms with van der Waals surface area (Å²) in [6, 6.07) is 0. The summed E-state index contributed by atoms with van der Waals surface area (Å²) in [6.07, 6.45) is 11.6. The number of allylic oxidation sites excluding steroid dienone is 4. The highest BCUT2D eigenvalue weighted by Crippen LogP contribution is 1.94. The molecule has 0 N–H and O–H groups in total. The smallest absolute Gasteiger partial charge is 0.142 e. The van der Waals surface area contributed by atoms with E-state index in [0.717, 1.165) is 12.7 Å². The van der Waals surface area contributed by atoms with Crippen LogP contribution in [-0.4, -0.2) is 6.29 Å². The van der Waals surface area contributed by atoms with E-state index < -0.39 is 0 Å². The molecule has 0 atom stereocenters. The number of carbonyl (C=O) groups is 1. The van der Waals surface area contributed by atoms with E-state index in [1.807, 2.05) is 6.08 Å². The first-order chi connectivity index (χ1) is 4.91. The molecule has 1 nitrogen and oxygen atoms in total. The zero-order chi connectivity index (χ0) is 7.66. The van der Waals surface area contributed by atoms with Crippen LogP contribution in [0.1, 0.15) is 26.2 Å². The van der Waals surface area contributed by atoms with Crippen molar-refractivity contribution in [3.05, 3.63) is 24.3 Å². The van der Waals surface area contributed by atoms with E-state index >= 15 is 0 Å². The second kappa shape index (κ2) is 8.15. The van der Waals surface area contributed by atoms with Crippen LogP contribution in [-0.2, 0) is 4.79 Å². The van der Waals surface area contributed by atoms with Crippen molar-refractivity contribution in [3.63, 3.8) is 0 Å². The normalized spacial score (nSPS) is 11.3. The van der Waals surface area contributed by atoms with Gasteiger partial charge in [0.15, 0.2) is 0 Å². The molecule has 0 radical (unpaired) electrons. The van der Waals surface area contributed by atoms with Crippen LogP contribution >= 0.6 is 0 Å². The SMILES string of the molecule is CCCCC=C/C=C\C=O. The zero-order valence-electron chi connectivity index (χ0n) is 6.42. The molecule has 0 spiro atoms. The summed E-state index contributed by atoms with van der Waals surface area (Å²) in [5.74, 6) is 0. The molecule has 0 fully saturated rings. The molecule has 0 aliphatic rings. The van der Waals surface area contributed by atoms with Crippen LogP contribution in [0.15, 0.2) is 24.3 Å². The minimum atomic E-state index is 0.782. The van der Waals surface area contributed by atoms with Crippen LogP contribution in [0.5, 0.6) is 0 Å². The van der Waals surface area contributed by atoms with E-state index in [4.69, 9.17) is 0 Å². The summed E-state index contributed by atoms with van der Waals surface area (Å²) >= 11 is 0. The number of unbranched alkanes of at least 4 members (excludes halogenated alkanes) is 2. The molecule has 10 heavy (non-hydrogen) atoms. The maximum absolute atomic E-state index is 9.77. The predicted octanol–water partition coefficient (Wildman–Crippen LogP) is 2.49. The fourth-order valence-electron chi connectivity index (χ4n) is 0.606. The molecule has 0 unspecified atom stereocenters. The first-order valence-electron chi connectivity index (χ1n) is 3.68. The topological polar surface area (TPSA) is 17.1 Å². The van der Waals surface area contributed by atoms with Crippen LogP contribution in [0.3, 0.4) is 0 Å². The van der Waals surface area contributed by atoms with Crippen molar-refractivity contribution in [2.75, 3.05) is 0 Å². The summed E-state index contributed by atoms with van der Waals surface area (Å²) in [5.41, 5.74) is 0. The van der Waals surface area contributed by atoms with E-state index in [2.05, 4.69) is 13.0 Å². The Labute approximate surface area is 62.4 Å². The second-order valence-corrected chi connectivity index (χ2v) is 2.09. The summed E-state index contributed by atoms with van der Waals surface area (Å²) in [7, 11) is 0. The highest BCUT2D eigenvalue weighted by Gasteiger charge is 1.74. The van der Waals surface area contributed by atoms with E-state index in [9.17, 15) is 4.79 Å². The number of rotatable bonds is 5. The van der Waals surface area contributed by atoms with Crippen LogP contribution in [0.4, 0.5) is 0 Å². The second-order valence-electron chi connectivity index (χ2n) is 2.09. The number of hydrogen-bond acceptors (Lipinski definition) is 1. The largest absolute Gasteiger partial charge is 0.299 e. The van der Waals surface area contributed by atoms with Crippen LogP contribution < -0.4 is 0 Å². The van der Waals surface area contributed by atoms with Crippen molar-refractivity contribution >= 4 is 6.29 Å². The maximum Gasteiger partial charge on any atom is 0.142 e. The average Bonchev–Trinajstić information content (AvgIpc) is 1.97. The van der Waals surface area contributed by atoms with Crippen molar-refractivity contribution in [1.82, 2.24) is 0 Å². The van der Waals surface area contributed by atoms with Gasteiger partial charge >= 0.3 is 0 Å². The molecule has 0 saturated heterocycles. The molecule has 0 heterocycles. The van der Waals surface area contributed by atoms with Gasteiger partial charge in [-0.2, -0.15) is 0 Å². The summed E-state index contributed by atoms with van der Waals surface area (Å²) in [4.78, 5) is 9.77. The molecule has 0 aliphatic heterocycles. The molecule has 0 aliphatic carbocycles. The lowest BCUT2D eigenvalue weighted by Gasteiger charge is -1.84. The Hall–Kier alpha value is -0.850. The van der Waals surface area contributed by atoms with Crippen molar-refractivity contribution in [3.8, 4) is 0 Å². The van der Waals surface area contributed by atoms with E-state index in [-0.39, 0.29) is 0 Å². The first-order valence-corrected chi connectivity index (χ1v) is 3.68. The molecular weight excluding hydrogens is 124 g/mol. The van der Waals surface area contributed by atoms with Crippen LogP contribution in [0.25, 0.3) is 0 Å². The summed E-state index contributed by atoms with van der Waals surface area (Å²) in [6.45, 7) is 2.16. The number of hydrogen-bond donors (Lipinski definition) is 0. The highest BCUT2D eigenvalue weighted by atomic mass is 16.1. The Bertz CT molecular complexity index is 123. The van der Waals surface area contributed by atoms with Gasteiger partial charge in [-0.05, 0) is 12.5 Å². The van der Waals surface area contributed by atoms with Crippen molar-refractivity contribution in [1.29, 1.82) is 0 Å². The minimum Gasteiger partial charge on any atom is -0.299 e. The quantitative estimate of drug-likeness (QED) is 0.247. The standard InChI is InChI=1S/C9H14O/c1-2-3-4-5-6-7-8-9-10/h5-9H,2-4H2,1H3/b6-5?,8-7-. The Morgan fingerprint density at radius 1 is 1.20 bits per heavy atom. The van der Waals surface area contributed by atoms with Gasteiger partial charge in [0.25, 0.3) is 0 Å². The Kier molecular flexibility index (Phi) is 7.46. The Morgan fingerprint density at radius 2 is 2.00 bits per heavy atom. The zero-order valence-corrected chi connectivity index (χ0v) is 6.42. The monoisotopic (exact) mass is 138 g/mol. The molecule has 0 bridgehead atoms. The predicted molar refractivity (Wildman–Crippen MR) is 43.9 cm³/mol. The Morgan fingerprint density at radius 3 is 2.60 bits per heavy atom. The Balaban J connectivity index is 3.19. The van der Waals surface area contributed by atoms with Gasteiger partial charge in [-0.25, -0.2) is 0 Å². The van der Waals surface area contributed by atoms with Crippen molar-refractivity contribution < 1.29 is 4.79 Å². The first kappa shape index (κ1) is 9.15. The molecule has 0 aromatic carbocycles. The molecule has 0 aromatic heterocycles. The molecular formula is C9H14O. The van der Waals surface area contributed by atoms with E-state index in [0.29, 0.717) is 0 Å². The average molecular weight is 138 g/mol. The lowest BCUT2D eigenvalue weighted by atomic mass is 10.2. The third-order valence-electron chi connectivity index (χ3n) is 1.16. The fourth-order valence-corrected chi connectivity index (χ4v) is 0.606. The number of carbonyl (C=O) groups excluding carboxylic acids is 1. The van der Waals surface area contributed by atoms with Gasteiger partial charge in [0, 0.05) is 0 Å². The van der Waals surface area contributed by atoms with Gasteiger partial charge < -0.3 is 0 Å². The summed E-state index contributed by atoms with van der Waals surface area (Å²) in [5, 5.41) is 0. The van der Waals surface area contributed by atoms with Gasteiger partial charge in [0.1, 0.15) is 6.29 Å². The maximum atomic E-state index is 9.77. The highest BCUT2D eigenvalue weighted by molar-refractivity contribution is 5.65. The lowest BCUT2D eigenvalue weighted by Crippen LogP contribution is -1.65. The molecule has 0 aromatic rings. The molecule has 1 heteroatoms. The molecule has 56 valence electrons. The molecule has 0 saturated carbocycles. The molecule has 0 rings (SSSR count). The number of aldehydes is 1. The van der Waals surface area contributed by atoms with Gasteiger partial charge in [-0.3, -0.25) is 4.79 Å². The summed E-state index contributed by atoms with van der Waals surface area (Å²) < 4.78 is 0. The third kappa shape index (κ3) is 7.15.